The number of nitrogens with one attached hydrogen (secondary N) is 1. The molecular weight excluding hydrogens is 322 g/mol. The van der Waals surface area contributed by atoms with Gasteiger partial charge in [-0.3, -0.25) is 4.79 Å². The Morgan fingerprint density at radius 1 is 1.12 bits per heavy atom. The lowest BCUT2D eigenvalue weighted by atomic mass is 10.1. The van der Waals surface area contributed by atoms with Crippen molar-refractivity contribution in [2.75, 3.05) is 5.32 Å². The summed E-state index contributed by atoms with van der Waals surface area (Å²) >= 11 is 0. The second kappa shape index (κ2) is 7.05. The lowest BCUT2D eigenvalue weighted by Gasteiger charge is -2.12. The molecule has 25 heavy (non-hydrogen) atoms. The van der Waals surface area contributed by atoms with E-state index in [9.17, 15) is 13.6 Å². The van der Waals surface area contributed by atoms with Crippen LogP contribution in [0.5, 0.6) is 0 Å². The van der Waals surface area contributed by atoms with Crippen LogP contribution in [0.4, 0.5) is 14.5 Å². The first-order valence-electron chi connectivity index (χ1n) is 8.37. The maximum absolute atomic E-state index is 13.4. The highest BCUT2D eigenvalue weighted by Gasteiger charge is 2.20. The number of carbonyl (C=O) groups excluding carboxylic acids is 1. The largest absolute Gasteiger partial charge is 0.336 e. The number of halogens is 2. The van der Waals surface area contributed by atoms with Gasteiger partial charge in [-0.15, -0.1) is 0 Å². The van der Waals surface area contributed by atoms with Gasteiger partial charge in [0.15, 0.2) is 11.6 Å². The van der Waals surface area contributed by atoms with Crippen LogP contribution in [-0.2, 0) is 6.54 Å². The molecule has 0 radical (unpaired) electrons. The summed E-state index contributed by atoms with van der Waals surface area (Å²) < 4.78 is 28.5. The molecule has 0 fully saturated rings. The van der Waals surface area contributed by atoms with Gasteiger partial charge in [0.2, 0.25) is 0 Å². The maximum atomic E-state index is 13.4. The normalized spacial score (nSPS) is 11.0. The van der Waals surface area contributed by atoms with Crippen molar-refractivity contribution < 1.29 is 13.6 Å². The number of anilines is 1. The number of aromatic nitrogens is 1. The Kier molecular flexibility index (Phi) is 4.83. The molecule has 3 nitrogen and oxygen atoms in total. The Morgan fingerprint density at radius 2 is 1.88 bits per heavy atom. The molecule has 0 saturated heterocycles. The third-order valence-electron chi connectivity index (χ3n) is 4.35. The first-order valence-corrected chi connectivity index (χ1v) is 8.37. The van der Waals surface area contributed by atoms with E-state index in [1.807, 2.05) is 35.8 Å². The average molecular weight is 342 g/mol. The quantitative estimate of drug-likeness (QED) is 0.672. The predicted octanol–water partition coefficient (Wildman–Crippen LogP) is 5.28. The van der Waals surface area contributed by atoms with Gasteiger partial charge in [0.1, 0.15) is 5.69 Å². The summed E-state index contributed by atoms with van der Waals surface area (Å²) in [5.74, 6) is -2.25. The number of fused-ring (bicyclic) bond motifs is 1. The van der Waals surface area contributed by atoms with Gasteiger partial charge in [-0.1, -0.05) is 31.5 Å². The zero-order valence-corrected chi connectivity index (χ0v) is 14.3. The molecular formula is C20H20F2N2O. The lowest BCUT2D eigenvalue weighted by molar-refractivity contribution is 0.101. The number of amides is 1. The van der Waals surface area contributed by atoms with Crippen molar-refractivity contribution in [2.24, 2.45) is 0 Å². The van der Waals surface area contributed by atoms with Crippen molar-refractivity contribution in [1.82, 2.24) is 4.57 Å². The third-order valence-corrected chi connectivity index (χ3v) is 4.35. The van der Waals surface area contributed by atoms with Crippen molar-refractivity contribution in [2.45, 2.75) is 33.2 Å². The monoisotopic (exact) mass is 342 g/mol. The Morgan fingerprint density at radius 3 is 2.60 bits per heavy atom. The molecule has 0 unspecified atom stereocenters. The topological polar surface area (TPSA) is 34.0 Å². The van der Waals surface area contributed by atoms with Gasteiger partial charge in [-0.05, 0) is 37.1 Å². The SMILES string of the molecule is CCCCn1c(C(=O)Nc2ccc(F)c(F)c2)c(C)c2ccccc21. The van der Waals surface area contributed by atoms with Crippen molar-refractivity contribution in [3.63, 3.8) is 0 Å². The zero-order chi connectivity index (χ0) is 18.0. The number of benzene rings is 2. The minimum Gasteiger partial charge on any atom is -0.336 e. The third kappa shape index (κ3) is 3.27. The van der Waals surface area contributed by atoms with Crippen LogP contribution in [0, 0.1) is 18.6 Å². The lowest BCUT2D eigenvalue weighted by Crippen LogP contribution is -2.18. The van der Waals surface area contributed by atoms with E-state index in [4.69, 9.17) is 0 Å². The Balaban J connectivity index is 2.02. The van der Waals surface area contributed by atoms with Crippen LogP contribution in [0.15, 0.2) is 42.5 Å². The second-order valence-corrected chi connectivity index (χ2v) is 6.08. The van der Waals surface area contributed by atoms with Gasteiger partial charge in [0.05, 0.1) is 0 Å². The number of unbranched alkanes of at least 4 members (excludes halogenated alkanes) is 1. The summed E-state index contributed by atoms with van der Waals surface area (Å²) in [6.07, 6.45) is 1.96. The van der Waals surface area contributed by atoms with E-state index in [1.165, 1.54) is 6.07 Å². The first kappa shape index (κ1) is 17.1. The molecule has 1 heterocycles. The van der Waals surface area contributed by atoms with Gasteiger partial charge in [0, 0.05) is 29.2 Å². The molecule has 3 rings (SSSR count). The van der Waals surface area contributed by atoms with Crippen LogP contribution in [0.25, 0.3) is 10.9 Å². The standard InChI is InChI=1S/C20H20F2N2O/c1-3-4-11-24-18-8-6-5-7-15(18)13(2)19(24)20(25)23-14-9-10-16(21)17(22)12-14/h5-10,12H,3-4,11H2,1-2H3,(H,23,25). The van der Waals surface area contributed by atoms with Crippen LogP contribution in [0.2, 0.25) is 0 Å². The summed E-state index contributed by atoms with van der Waals surface area (Å²) in [5.41, 5.74) is 2.67. The number of nitrogens with zero attached hydrogens (tertiary/aromatic N) is 1. The number of carbonyl (C=O) groups is 1. The fourth-order valence-electron chi connectivity index (χ4n) is 3.08. The van der Waals surface area contributed by atoms with Crippen LogP contribution in [0.1, 0.15) is 35.8 Å². The van der Waals surface area contributed by atoms with Gasteiger partial charge in [0.25, 0.3) is 5.91 Å². The van der Waals surface area contributed by atoms with E-state index < -0.39 is 11.6 Å². The molecule has 0 saturated carbocycles. The Hall–Kier alpha value is -2.69. The van der Waals surface area contributed by atoms with Crippen LogP contribution in [-0.4, -0.2) is 10.5 Å². The van der Waals surface area contributed by atoms with E-state index in [2.05, 4.69) is 12.2 Å². The van der Waals surface area contributed by atoms with E-state index in [-0.39, 0.29) is 11.6 Å². The van der Waals surface area contributed by atoms with Crippen molar-refractivity contribution in [1.29, 1.82) is 0 Å². The number of rotatable bonds is 5. The average Bonchev–Trinajstić information content (AvgIpc) is 2.89. The summed E-state index contributed by atoms with van der Waals surface area (Å²) in [6.45, 7) is 4.73. The molecule has 0 aliphatic carbocycles. The summed E-state index contributed by atoms with van der Waals surface area (Å²) in [4.78, 5) is 12.8. The number of hydrogen-bond donors (Lipinski definition) is 1. The van der Waals surface area contributed by atoms with Crippen molar-refractivity contribution >= 4 is 22.5 Å². The highest BCUT2D eigenvalue weighted by Crippen LogP contribution is 2.27. The van der Waals surface area contributed by atoms with Gasteiger partial charge in [-0.25, -0.2) is 8.78 Å². The molecule has 0 atom stereocenters. The Bertz CT molecular complexity index is 931. The molecule has 130 valence electrons. The molecule has 0 bridgehead atoms. The van der Waals surface area contributed by atoms with E-state index in [1.54, 1.807) is 0 Å². The minimum absolute atomic E-state index is 0.232. The van der Waals surface area contributed by atoms with Crippen molar-refractivity contribution in [3.05, 3.63) is 65.4 Å². The highest BCUT2D eigenvalue weighted by atomic mass is 19.2. The molecule has 1 N–H and O–H groups in total. The molecule has 0 spiro atoms. The summed E-state index contributed by atoms with van der Waals surface area (Å²) in [5, 5.41) is 3.70. The van der Waals surface area contributed by atoms with E-state index >= 15 is 0 Å². The maximum Gasteiger partial charge on any atom is 0.272 e. The molecule has 0 aliphatic heterocycles. The smallest absolute Gasteiger partial charge is 0.272 e. The van der Waals surface area contributed by atoms with Gasteiger partial charge in [-0.2, -0.15) is 0 Å². The number of para-hydroxylation sites is 1. The minimum atomic E-state index is -0.985. The summed E-state index contributed by atoms with van der Waals surface area (Å²) in [6, 6.07) is 11.2. The van der Waals surface area contributed by atoms with Crippen LogP contribution in [0.3, 0.4) is 0 Å². The van der Waals surface area contributed by atoms with E-state index in [0.29, 0.717) is 5.69 Å². The van der Waals surface area contributed by atoms with Gasteiger partial charge < -0.3 is 9.88 Å². The highest BCUT2D eigenvalue weighted by molar-refractivity contribution is 6.08. The second-order valence-electron chi connectivity index (χ2n) is 6.08. The molecule has 1 amide bonds. The van der Waals surface area contributed by atoms with Crippen molar-refractivity contribution in [3.8, 4) is 0 Å². The molecule has 3 aromatic rings. The zero-order valence-electron chi connectivity index (χ0n) is 14.3. The first-order chi connectivity index (χ1) is 12.0. The Labute approximate surface area is 145 Å². The van der Waals surface area contributed by atoms with Crippen LogP contribution >= 0.6 is 0 Å². The molecule has 0 aliphatic rings. The number of aryl methyl sites for hydroxylation is 2. The molecule has 2 aromatic carbocycles. The van der Waals surface area contributed by atoms with E-state index in [0.717, 1.165) is 48.0 Å². The molecule has 1 aromatic heterocycles. The summed E-state index contributed by atoms with van der Waals surface area (Å²) in [7, 11) is 0. The predicted molar refractivity (Wildman–Crippen MR) is 95.9 cm³/mol. The van der Waals surface area contributed by atoms with Gasteiger partial charge >= 0.3 is 0 Å². The van der Waals surface area contributed by atoms with Crippen LogP contribution < -0.4 is 5.32 Å². The fourth-order valence-corrected chi connectivity index (χ4v) is 3.08. The fraction of sp³-hybridized carbons (Fsp3) is 0.250. The molecule has 5 heteroatoms. The number of hydrogen-bond acceptors (Lipinski definition) is 1.